The van der Waals surface area contributed by atoms with E-state index in [1.165, 1.54) is 38.5 Å². The lowest BCUT2D eigenvalue weighted by atomic mass is 9.49. The number of imidazole rings is 1. The third kappa shape index (κ3) is 4.66. The van der Waals surface area contributed by atoms with Gasteiger partial charge in [-0.05, 0) is 86.0 Å². The molecule has 2 aromatic rings. The molecular formula is C25H32N4O3. The van der Waals surface area contributed by atoms with Crippen molar-refractivity contribution in [3.05, 3.63) is 42.5 Å². The smallest absolute Gasteiger partial charge is 0.243 e. The van der Waals surface area contributed by atoms with E-state index in [2.05, 4.69) is 15.6 Å². The maximum Gasteiger partial charge on any atom is 0.243 e. The van der Waals surface area contributed by atoms with Gasteiger partial charge in [-0.2, -0.15) is 0 Å². The van der Waals surface area contributed by atoms with Crippen molar-refractivity contribution in [2.45, 2.75) is 51.6 Å². The summed E-state index contributed by atoms with van der Waals surface area (Å²) in [7, 11) is 1.92. The van der Waals surface area contributed by atoms with E-state index in [9.17, 15) is 9.59 Å². The Hall–Kier alpha value is -2.83. The zero-order valence-corrected chi connectivity index (χ0v) is 18.7. The van der Waals surface area contributed by atoms with Crippen molar-refractivity contribution >= 4 is 17.5 Å². The highest BCUT2D eigenvalue weighted by Gasteiger charge is 2.51. The van der Waals surface area contributed by atoms with Crippen molar-refractivity contribution in [2.24, 2.45) is 30.2 Å². The van der Waals surface area contributed by atoms with Crippen LogP contribution >= 0.6 is 0 Å². The van der Waals surface area contributed by atoms with E-state index >= 15 is 0 Å². The van der Waals surface area contributed by atoms with E-state index in [1.54, 1.807) is 18.3 Å². The number of nitrogens with zero attached hydrogens (tertiary/aromatic N) is 2. The number of anilines is 1. The van der Waals surface area contributed by atoms with E-state index in [0.717, 1.165) is 23.6 Å². The Morgan fingerprint density at radius 3 is 2.31 bits per heavy atom. The first-order valence-electron chi connectivity index (χ1n) is 11.7. The van der Waals surface area contributed by atoms with Gasteiger partial charge in [-0.15, -0.1) is 0 Å². The second kappa shape index (κ2) is 8.60. The van der Waals surface area contributed by atoms with Gasteiger partial charge in [0, 0.05) is 31.5 Å². The molecule has 32 heavy (non-hydrogen) atoms. The molecular weight excluding hydrogens is 404 g/mol. The van der Waals surface area contributed by atoms with Crippen molar-refractivity contribution < 1.29 is 14.3 Å². The van der Waals surface area contributed by atoms with Gasteiger partial charge in [-0.25, -0.2) is 4.98 Å². The van der Waals surface area contributed by atoms with Gasteiger partial charge >= 0.3 is 0 Å². The van der Waals surface area contributed by atoms with Crippen LogP contribution in [0, 0.1) is 23.2 Å². The van der Waals surface area contributed by atoms with Crippen LogP contribution in [-0.2, 0) is 23.2 Å². The summed E-state index contributed by atoms with van der Waals surface area (Å²) in [6, 6.07) is 7.21. The van der Waals surface area contributed by atoms with Crippen molar-refractivity contribution in [3.63, 3.8) is 0 Å². The predicted molar refractivity (Wildman–Crippen MR) is 121 cm³/mol. The molecule has 0 aliphatic heterocycles. The predicted octanol–water partition coefficient (Wildman–Crippen LogP) is 3.66. The molecule has 7 nitrogen and oxygen atoms in total. The monoisotopic (exact) mass is 436 g/mol. The highest BCUT2D eigenvalue weighted by molar-refractivity contribution is 5.94. The number of amides is 2. The van der Waals surface area contributed by atoms with Crippen LogP contribution < -0.4 is 15.4 Å². The minimum atomic E-state index is -0.217. The quantitative estimate of drug-likeness (QED) is 0.661. The van der Waals surface area contributed by atoms with E-state index < -0.39 is 0 Å². The number of carbonyl (C=O) groups is 2. The molecule has 0 atom stereocenters. The molecule has 2 N–H and O–H groups in total. The van der Waals surface area contributed by atoms with Crippen LogP contribution in [0.25, 0.3) is 0 Å². The average molecular weight is 437 g/mol. The summed E-state index contributed by atoms with van der Waals surface area (Å²) in [4.78, 5) is 29.2. The number of carbonyl (C=O) groups excluding carboxylic acids is 2. The second-order valence-corrected chi connectivity index (χ2v) is 10.2. The zero-order chi connectivity index (χ0) is 22.1. The minimum Gasteiger partial charge on any atom is -0.486 e. The standard InChI is InChI=1S/C25H32N4O3/c1-29-7-6-26-22(29)16-32-21-4-2-20(3-5-21)28-24(31)15-27-23(30)14-25-11-17-8-18(12-25)10-19(9-17)13-25/h2-7,17-19H,8-16H2,1H3,(H,27,30)(H,28,31). The molecule has 4 fully saturated rings. The number of aromatic nitrogens is 2. The molecule has 2 amide bonds. The van der Waals surface area contributed by atoms with E-state index in [4.69, 9.17) is 4.74 Å². The first-order valence-corrected chi connectivity index (χ1v) is 11.7. The van der Waals surface area contributed by atoms with Crippen molar-refractivity contribution in [1.29, 1.82) is 0 Å². The van der Waals surface area contributed by atoms with Gasteiger partial charge in [0.1, 0.15) is 18.2 Å². The second-order valence-electron chi connectivity index (χ2n) is 10.2. The average Bonchev–Trinajstić information content (AvgIpc) is 3.15. The Balaban J connectivity index is 1.06. The Morgan fingerprint density at radius 2 is 1.72 bits per heavy atom. The third-order valence-corrected chi connectivity index (χ3v) is 7.57. The summed E-state index contributed by atoms with van der Waals surface area (Å²) in [5.74, 6) is 3.82. The van der Waals surface area contributed by atoms with Gasteiger partial charge < -0.3 is 19.9 Å². The van der Waals surface area contributed by atoms with Crippen molar-refractivity contribution in [1.82, 2.24) is 14.9 Å². The molecule has 4 aliphatic carbocycles. The lowest BCUT2D eigenvalue weighted by molar-refractivity contribution is -0.131. The van der Waals surface area contributed by atoms with Gasteiger partial charge in [-0.1, -0.05) is 0 Å². The third-order valence-electron chi connectivity index (χ3n) is 7.57. The number of nitrogens with one attached hydrogen (secondary N) is 2. The molecule has 0 unspecified atom stereocenters. The maximum atomic E-state index is 12.6. The lowest BCUT2D eigenvalue weighted by Crippen LogP contribution is -2.48. The van der Waals surface area contributed by atoms with Crippen molar-refractivity contribution in [3.8, 4) is 5.75 Å². The summed E-state index contributed by atoms with van der Waals surface area (Å²) in [5, 5.41) is 5.68. The van der Waals surface area contributed by atoms with E-state index in [-0.39, 0.29) is 23.8 Å². The molecule has 6 rings (SSSR count). The fourth-order valence-corrected chi connectivity index (χ4v) is 6.61. The molecule has 7 heteroatoms. The maximum absolute atomic E-state index is 12.6. The van der Waals surface area contributed by atoms with Crippen LogP contribution in [0.15, 0.2) is 36.7 Å². The Morgan fingerprint density at radius 1 is 1.06 bits per heavy atom. The molecule has 4 saturated carbocycles. The number of aryl methyl sites for hydroxylation is 1. The first kappa shape index (κ1) is 21.0. The molecule has 1 aromatic carbocycles. The van der Waals surface area contributed by atoms with Crippen LogP contribution in [-0.4, -0.2) is 27.9 Å². The van der Waals surface area contributed by atoms with E-state index in [1.807, 2.05) is 29.9 Å². The van der Waals surface area contributed by atoms with Crippen LogP contribution in [0.2, 0.25) is 0 Å². The highest BCUT2D eigenvalue weighted by Crippen LogP contribution is 2.61. The van der Waals surface area contributed by atoms with Crippen LogP contribution in [0.1, 0.15) is 50.8 Å². The molecule has 170 valence electrons. The topological polar surface area (TPSA) is 85.2 Å². The van der Waals surface area contributed by atoms with Gasteiger partial charge in [0.15, 0.2) is 0 Å². The Bertz CT molecular complexity index is 946. The van der Waals surface area contributed by atoms with Crippen LogP contribution in [0.3, 0.4) is 0 Å². The van der Waals surface area contributed by atoms with E-state index in [0.29, 0.717) is 24.5 Å². The molecule has 0 spiro atoms. The summed E-state index contributed by atoms with van der Waals surface area (Å²) in [6.45, 7) is 0.383. The molecule has 1 heterocycles. The fraction of sp³-hybridized carbons (Fsp3) is 0.560. The molecule has 1 aromatic heterocycles. The molecule has 0 saturated heterocycles. The van der Waals surface area contributed by atoms with Crippen molar-refractivity contribution in [2.75, 3.05) is 11.9 Å². The first-order chi connectivity index (χ1) is 15.5. The van der Waals surface area contributed by atoms with Gasteiger partial charge in [0.05, 0.1) is 6.54 Å². The Kier molecular flexibility index (Phi) is 5.66. The SMILES string of the molecule is Cn1ccnc1COc1ccc(NC(=O)CNC(=O)CC23CC4CC(CC(C4)C2)C3)cc1. The fourth-order valence-electron chi connectivity index (χ4n) is 6.61. The number of benzene rings is 1. The summed E-state index contributed by atoms with van der Waals surface area (Å²) in [5.41, 5.74) is 0.870. The number of hydrogen-bond donors (Lipinski definition) is 2. The van der Waals surface area contributed by atoms with Gasteiger partial charge in [-0.3, -0.25) is 9.59 Å². The number of ether oxygens (including phenoxy) is 1. The zero-order valence-electron chi connectivity index (χ0n) is 18.7. The van der Waals surface area contributed by atoms with Crippen LogP contribution in [0.4, 0.5) is 5.69 Å². The molecule has 4 bridgehead atoms. The van der Waals surface area contributed by atoms with Gasteiger partial charge in [0.25, 0.3) is 0 Å². The summed E-state index contributed by atoms with van der Waals surface area (Å²) in [6.07, 6.45) is 11.9. The summed E-state index contributed by atoms with van der Waals surface area (Å²) < 4.78 is 7.64. The Labute approximate surface area is 188 Å². The number of hydrogen-bond acceptors (Lipinski definition) is 4. The largest absolute Gasteiger partial charge is 0.486 e. The molecule has 0 radical (unpaired) electrons. The van der Waals surface area contributed by atoms with Gasteiger partial charge in [0.2, 0.25) is 11.8 Å². The number of rotatable bonds is 8. The normalized spacial score (nSPS) is 27.8. The lowest BCUT2D eigenvalue weighted by Gasteiger charge is -2.56. The summed E-state index contributed by atoms with van der Waals surface area (Å²) >= 11 is 0. The molecule has 4 aliphatic rings. The van der Waals surface area contributed by atoms with Crippen LogP contribution in [0.5, 0.6) is 5.75 Å². The highest BCUT2D eigenvalue weighted by atomic mass is 16.5. The minimum absolute atomic E-state index is 0.00259.